The molecule has 0 unspecified atom stereocenters. The molecule has 2 N–H and O–H groups in total. The number of aliphatic imine (C=N–C) groups is 1. The van der Waals surface area contributed by atoms with Gasteiger partial charge in [0.05, 0.1) is 0 Å². The van der Waals surface area contributed by atoms with Crippen LogP contribution >= 0.6 is 22.6 Å². The van der Waals surface area contributed by atoms with Gasteiger partial charge in [-0.05, 0) is 0 Å². The van der Waals surface area contributed by atoms with Crippen LogP contribution in [0.3, 0.4) is 0 Å². The Morgan fingerprint density at radius 1 is 1.91 bits per heavy atom. The molecular weight excluding hydrogens is 257 g/mol. The molecule has 0 aromatic carbocycles. The molecule has 11 heavy (non-hydrogen) atoms. The first kappa shape index (κ1) is 8.76. The predicted octanol–water partition coefficient (Wildman–Crippen LogP) is -0.115. The fraction of sp³-hybridized carbons (Fsp3) is 0.667. The van der Waals surface area contributed by atoms with Gasteiger partial charge in [-0.3, -0.25) is 10.1 Å². The largest absolute Gasteiger partial charge is 0.355 e. The molecule has 1 atom stereocenters. The van der Waals surface area contributed by atoms with E-state index in [9.17, 15) is 4.79 Å². The summed E-state index contributed by atoms with van der Waals surface area (Å²) in [6, 6.07) is 0. The maximum absolute atomic E-state index is 10.6. The first-order valence-corrected chi connectivity index (χ1v) is 4.65. The second-order valence-corrected chi connectivity index (χ2v) is 4.50. The summed E-state index contributed by atoms with van der Waals surface area (Å²) < 4.78 is 0.535. The van der Waals surface area contributed by atoms with Gasteiger partial charge < -0.3 is 5.32 Å². The molecule has 0 aliphatic carbocycles. The molecule has 0 saturated heterocycles. The Kier molecular flexibility index (Phi) is 3.10. The lowest BCUT2D eigenvalue weighted by molar-refractivity contribution is -0.117. The smallest absolute Gasteiger partial charge is 0.248 e. The first-order valence-electron chi connectivity index (χ1n) is 3.40. The van der Waals surface area contributed by atoms with Crippen LogP contribution in [0.1, 0.15) is 6.92 Å². The van der Waals surface area contributed by atoms with Crippen LogP contribution in [-0.4, -0.2) is 28.9 Å². The molecule has 0 aromatic rings. The van der Waals surface area contributed by atoms with Crippen molar-refractivity contribution in [3.63, 3.8) is 0 Å². The Labute approximate surface area is 79.0 Å². The number of nitrogens with zero attached hydrogens (tertiary/aromatic N) is 1. The van der Waals surface area contributed by atoms with Crippen molar-refractivity contribution in [3.8, 4) is 0 Å². The molecule has 1 aliphatic rings. The molecular formula is C6H10IN3O. The van der Waals surface area contributed by atoms with Gasteiger partial charge in [0.25, 0.3) is 0 Å². The summed E-state index contributed by atoms with van der Waals surface area (Å²) in [5.41, 5.74) is 0. The quantitative estimate of drug-likeness (QED) is 0.541. The highest BCUT2D eigenvalue weighted by Gasteiger charge is 2.12. The molecule has 0 spiro atoms. The van der Waals surface area contributed by atoms with Gasteiger partial charge in [0.1, 0.15) is 6.54 Å². The van der Waals surface area contributed by atoms with Crippen LogP contribution < -0.4 is 10.6 Å². The van der Waals surface area contributed by atoms with Gasteiger partial charge in [-0.15, -0.1) is 0 Å². The molecule has 0 saturated carbocycles. The summed E-state index contributed by atoms with van der Waals surface area (Å²) >= 11 is 2.30. The SMILES string of the molecule is C[C@H](I)CNC1=NCC(=O)N1. The minimum atomic E-state index is -0.0337. The molecule has 0 aromatic heterocycles. The maximum Gasteiger partial charge on any atom is 0.248 e. The van der Waals surface area contributed by atoms with Crippen molar-refractivity contribution in [3.05, 3.63) is 0 Å². The van der Waals surface area contributed by atoms with E-state index in [1.54, 1.807) is 0 Å². The Bertz CT molecular complexity index is 190. The third kappa shape index (κ3) is 3.04. The molecule has 1 rings (SSSR count). The minimum absolute atomic E-state index is 0.0337. The lowest BCUT2D eigenvalue weighted by Crippen LogP contribution is -2.38. The number of rotatable bonds is 2. The van der Waals surface area contributed by atoms with E-state index in [2.05, 4.69) is 45.1 Å². The molecule has 5 heteroatoms. The average molecular weight is 267 g/mol. The molecule has 0 fully saturated rings. The van der Waals surface area contributed by atoms with E-state index < -0.39 is 0 Å². The average Bonchev–Trinajstić information content (AvgIpc) is 2.31. The molecule has 4 nitrogen and oxygen atoms in total. The number of carbonyl (C=O) groups is 1. The molecule has 0 bridgehead atoms. The number of hydrogen-bond acceptors (Lipinski definition) is 3. The van der Waals surface area contributed by atoms with Crippen LogP contribution in [0.4, 0.5) is 0 Å². The van der Waals surface area contributed by atoms with Crippen LogP contribution in [0.15, 0.2) is 4.99 Å². The molecule has 1 heterocycles. The highest BCUT2D eigenvalue weighted by Crippen LogP contribution is 1.95. The fourth-order valence-electron chi connectivity index (χ4n) is 0.699. The maximum atomic E-state index is 10.6. The standard InChI is InChI=1S/C6H10IN3O/c1-4(7)2-8-6-9-3-5(11)10-6/h4H,2-3H2,1H3,(H2,8,9,10,11)/t4-/m0/s1. The van der Waals surface area contributed by atoms with Gasteiger partial charge >= 0.3 is 0 Å². The Hall–Kier alpha value is -0.330. The third-order valence-corrected chi connectivity index (χ3v) is 1.63. The van der Waals surface area contributed by atoms with Gasteiger partial charge in [-0.1, -0.05) is 29.5 Å². The second-order valence-electron chi connectivity index (χ2n) is 2.37. The topological polar surface area (TPSA) is 53.5 Å². The summed E-state index contributed by atoms with van der Waals surface area (Å²) in [6.07, 6.45) is 0. The lowest BCUT2D eigenvalue weighted by atomic mass is 10.5. The highest BCUT2D eigenvalue weighted by atomic mass is 127. The number of carbonyl (C=O) groups excluding carboxylic acids is 1. The highest BCUT2D eigenvalue weighted by molar-refractivity contribution is 14.1. The van der Waals surface area contributed by atoms with Gasteiger partial charge in [0, 0.05) is 10.5 Å². The van der Waals surface area contributed by atoms with E-state index in [1.165, 1.54) is 0 Å². The summed E-state index contributed by atoms with van der Waals surface area (Å²) in [5, 5.41) is 5.63. The zero-order valence-electron chi connectivity index (χ0n) is 6.22. The van der Waals surface area contributed by atoms with Gasteiger partial charge in [-0.2, -0.15) is 0 Å². The summed E-state index contributed by atoms with van der Waals surface area (Å²) in [6.45, 7) is 3.18. The van der Waals surface area contributed by atoms with Gasteiger partial charge in [0.2, 0.25) is 5.91 Å². The van der Waals surface area contributed by atoms with Crippen molar-refractivity contribution in [2.75, 3.05) is 13.1 Å². The fourth-order valence-corrected chi connectivity index (χ4v) is 0.920. The summed E-state index contributed by atoms with van der Waals surface area (Å²) in [4.78, 5) is 14.6. The number of hydrogen-bond donors (Lipinski definition) is 2. The number of alkyl halides is 1. The van der Waals surface area contributed by atoms with Crippen molar-refractivity contribution in [1.29, 1.82) is 0 Å². The number of amides is 1. The summed E-state index contributed by atoms with van der Waals surface area (Å²) in [5.74, 6) is 0.576. The van der Waals surface area contributed by atoms with Crippen molar-refractivity contribution in [2.24, 2.45) is 4.99 Å². The molecule has 1 amide bonds. The normalized spacial score (nSPS) is 19.1. The first-order chi connectivity index (χ1) is 5.18. The second kappa shape index (κ2) is 3.89. The molecule has 0 radical (unpaired) electrons. The van der Waals surface area contributed by atoms with Crippen LogP contribution in [0.25, 0.3) is 0 Å². The molecule has 1 aliphatic heterocycles. The van der Waals surface area contributed by atoms with E-state index in [0.29, 0.717) is 9.88 Å². The predicted molar refractivity (Wildman–Crippen MR) is 51.9 cm³/mol. The van der Waals surface area contributed by atoms with Crippen LogP contribution in [0, 0.1) is 0 Å². The van der Waals surface area contributed by atoms with E-state index >= 15 is 0 Å². The van der Waals surface area contributed by atoms with Crippen molar-refractivity contribution in [1.82, 2.24) is 10.6 Å². The van der Waals surface area contributed by atoms with E-state index in [4.69, 9.17) is 0 Å². The number of guanidine groups is 1. The van der Waals surface area contributed by atoms with E-state index in [1.807, 2.05) is 0 Å². The minimum Gasteiger partial charge on any atom is -0.355 e. The van der Waals surface area contributed by atoms with Crippen molar-refractivity contribution < 1.29 is 4.79 Å². The Morgan fingerprint density at radius 2 is 2.64 bits per heavy atom. The van der Waals surface area contributed by atoms with E-state index in [0.717, 1.165) is 6.54 Å². The number of nitrogens with one attached hydrogen (secondary N) is 2. The Balaban J connectivity index is 2.23. The zero-order chi connectivity index (χ0) is 8.27. The van der Waals surface area contributed by atoms with Crippen LogP contribution in [-0.2, 0) is 4.79 Å². The van der Waals surface area contributed by atoms with Gasteiger partial charge in [0.15, 0.2) is 5.96 Å². The van der Waals surface area contributed by atoms with Crippen LogP contribution in [0.5, 0.6) is 0 Å². The van der Waals surface area contributed by atoms with E-state index in [-0.39, 0.29) is 12.5 Å². The Morgan fingerprint density at radius 3 is 3.09 bits per heavy atom. The number of halogens is 1. The zero-order valence-corrected chi connectivity index (χ0v) is 8.38. The lowest BCUT2D eigenvalue weighted by Gasteiger charge is -2.06. The van der Waals surface area contributed by atoms with Crippen LogP contribution in [0.2, 0.25) is 0 Å². The monoisotopic (exact) mass is 267 g/mol. The third-order valence-electron chi connectivity index (χ3n) is 1.19. The van der Waals surface area contributed by atoms with Crippen molar-refractivity contribution >= 4 is 34.5 Å². The van der Waals surface area contributed by atoms with Gasteiger partial charge in [-0.25, -0.2) is 4.99 Å². The summed E-state index contributed by atoms with van der Waals surface area (Å²) in [7, 11) is 0. The molecule has 62 valence electrons. The van der Waals surface area contributed by atoms with Crippen molar-refractivity contribution in [2.45, 2.75) is 10.8 Å².